The number of carbonyl (C=O) groups excluding carboxylic acids is 1. The summed E-state index contributed by atoms with van der Waals surface area (Å²) < 4.78 is 22.1. The first-order chi connectivity index (χ1) is 24.4. The van der Waals surface area contributed by atoms with E-state index in [1.54, 1.807) is 0 Å². The van der Waals surface area contributed by atoms with E-state index < -0.39 is 0 Å². The lowest BCUT2D eigenvalue weighted by atomic mass is 9.98. The largest absolute Gasteiger partial charge is 0.493 e. The van der Waals surface area contributed by atoms with Crippen LogP contribution in [0.5, 0.6) is 5.75 Å². The molecule has 0 amide bonds. The Bertz CT molecular complexity index is 1900. The molecule has 1 aliphatic rings. The molecule has 0 atom stereocenters. The zero-order valence-corrected chi connectivity index (χ0v) is 31.5. The van der Waals surface area contributed by atoms with Crippen molar-refractivity contribution in [1.82, 2.24) is 24.1 Å². The number of nitrogens with zero attached hydrogens (tertiary/aromatic N) is 5. The number of carbonyl (C=O) groups is 1. The molecule has 0 unspecified atom stereocenters. The summed E-state index contributed by atoms with van der Waals surface area (Å²) in [7, 11) is 4.17. The number of hydrogen-bond acceptors (Lipinski definition) is 7. The van der Waals surface area contributed by atoms with E-state index >= 15 is 0 Å². The first kappa shape index (κ1) is 36.1. The van der Waals surface area contributed by atoms with Crippen LogP contribution >= 0.6 is 15.9 Å². The van der Waals surface area contributed by atoms with Crippen LogP contribution in [0, 0.1) is 6.92 Å². The fraction of sp³-hybridized carbons (Fsp3) is 0.450. The standard InChI is InChI=1S/C40H50BrN5O4/c1-5-49-40(47)39-33(17-10-25-50-36-18-8-13-30-12-6-7-14-31(30)36)32-15-9-16-34(38(32)45(39)20-11-19-43(3)4)37-29(2)46(42-35(37)28-41)22-21-44-23-26-48-27-24-44/h6-9,12-16,18H,5,10-11,17,19-28H2,1-4H3. The second kappa shape index (κ2) is 17.0. The highest BCUT2D eigenvalue weighted by Crippen LogP contribution is 2.39. The number of para-hydroxylation sites is 1. The normalized spacial score (nSPS) is 13.9. The Morgan fingerprint density at radius 2 is 1.72 bits per heavy atom. The van der Waals surface area contributed by atoms with E-state index in [0.717, 1.165) is 114 Å². The number of morpholine rings is 1. The zero-order chi connectivity index (χ0) is 35.0. The Labute approximate surface area is 304 Å². The SMILES string of the molecule is CCOC(=O)c1c(CCCOc2cccc3ccccc23)c2cccc(-c3c(CBr)nn(CCN4CCOCC4)c3C)c2n1CCCN(C)C. The molecule has 5 aromatic rings. The number of hydrogen-bond donors (Lipinski definition) is 0. The van der Waals surface area contributed by atoms with Crippen LogP contribution in [0.25, 0.3) is 32.8 Å². The van der Waals surface area contributed by atoms with Crippen molar-refractivity contribution in [3.05, 3.63) is 83.3 Å². The van der Waals surface area contributed by atoms with Crippen molar-refractivity contribution < 1.29 is 19.0 Å². The van der Waals surface area contributed by atoms with Gasteiger partial charge in [0.15, 0.2) is 0 Å². The van der Waals surface area contributed by atoms with Gasteiger partial charge in [0.2, 0.25) is 0 Å². The number of aryl methyl sites for hydroxylation is 2. The van der Waals surface area contributed by atoms with Gasteiger partial charge in [-0.25, -0.2) is 4.79 Å². The lowest BCUT2D eigenvalue weighted by Crippen LogP contribution is -2.38. The van der Waals surface area contributed by atoms with Crippen LogP contribution < -0.4 is 4.74 Å². The summed E-state index contributed by atoms with van der Waals surface area (Å²) in [6, 6.07) is 20.9. The molecular formula is C40H50BrN5O4. The average molecular weight is 745 g/mol. The molecule has 1 aliphatic heterocycles. The van der Waals surface area contributed by atoms with Gasteiger partial charge in [0.05, 0.1) is 44.2 Å². The molecule has 0 spiro atoms. The van der Waals surface area contributed by atoms with Crippen molar-refractivity contribution in [2.75, 3.05) is 66.7 Å². The Hall–Kier alpha value is -3.70. The fourth-order valence-electron chi connectivity index (χ4n) is 7.22. The van der Waals surface area contributed by atoms with Gasteiger partial charge in [-0.2, -0.15) is 5.10 Å². The summed E-state index contributed by atoms with van der Waals surface area (Å²) in [5.41, 5.74) is 7.09. The fourth-order valence-corrected chi connectivity index (χ4v) is 7.61. The molecule has 266 valence electrons. The molecule has 1 fully saturated rings. The summed E-state index contributed by atoms with van der Waals surface area (Å²) in [5, 5.41) is 9.08. The highest BCUT2D eigenvalue weighted by atomic mass is 79.9. The average Bonchev–Trinajstić information content (AvgIpc) is 3.63. The lowest BCUT2D eigenvalue weighted by Gasteiger charge is -2.26. The van der Waals surface area contributed by atoms with E-state index in [4.69, 9.17) is 19.3 Å². The number of ether oxygens (including phenoxy) is 3. The van der Waals surface area contributed by atoms with Crippen molar-refractivity contribution in [3.63, 3.8) is 0 Å². The Balaban J connectivity index is 1.39. The van der Waals surface area contributed by atoms with Crippen LogP contribution in [0.15, 0.2) is 60.7 Å². The summed E-state index contributed by atoms with van der Waals surface area (Å²) >= 11 is 3.76. The molecule has 2 aromatic heterocycles. The highest BCUT2D eigenvalue weighted by molar-refractivity contribution is 9.08. The maximum Gasteiger partial charge on any atom is 0.355 e. The lowest BCUT2D eigenvalue weighted by molar-refractivity contribution is 0.0359. The van der Waals surface area contributed by atoms with Crippen LogP contribution in [0.1, 0.15) is 47.2 Å². The summed E-state index contributed by atoms with van der Waals surface area (Å²) in [6.07, 6.45) is 2.33. The van der Waals surface area contributed by atoms with Gasteiger partial charge in [0.25, 0.3) is 0 Å². The number of alkyl halides is 1. The summed E-state index contributed by atoms with van der Waals surface area (Å²) in [6.45, 7) is 11.7. The van der Waals surface area contributed by atoms with Crippen LogP contribution in [0.2, 0.25) is 0 Å². The first-order valence-corrected chi connectivity index (χ1v) is 19.0. The maximum atomic E-state index is 13.9. The van der Waals surface area contributed by atoms with E-state index in [2.05, 4.69) is 92.4 Å². The molecule has 0 aliphatic carbocycles. The monoisotopic (exact) mass is 743 g/mol. The number of benzene rings is 3. The third-order valence-corrected chi connectivity index (χ3v) is 10.2. The molecule has 50 heavy (non-hydrogen) atoms. The molecule has 0 radical (unpaired) electrons. The Morgan fingerprint density at radius 3 is 2.50 bits per heavy atom. The molecule has 9 nitrogen and oxygen atoms in total. The third kappa shape index (κ3) is 7.94. The highest BCUT2D eigenvalue weighted by Gasteiger charge is 2.28. The van der Waals surface area contributed by atoms with Crippen LogP contribution in [-0.2, 0) is 34.3 Å². The number of fused-ring (bicyclic) bond motifs is 2. The smallest absolute Gasteiger partial charge is 0.355 e. The van der Waals surface area contributed by atoms with E-state index in [1.165, 1.54) is 0 Å². The molecule has 3 aromatic carbocycles. The Kier molecular flexibility index (Phi) is 12.3. The van der Waals surface area contributed by atoms with Gasteiger partial charge in [0.1, 0.15) is 11.4 Å². The minimum atomic E-state index is -0.275. The van der Waals surface area contributed by atoms with E-state index in [0.29, 0.717) is 37.2 Å². The van der Waals surface area contributed by atoms with Crippen LogP contribution in [0.4, 0.5) is 0 Å². The van der Waals surface area contributed by atoms with Gasteiger partial charge >= 0.3 is 5.97 Å². The maximum absolute atomic E-state index is 13.9. The number of esters is 1. The minimum absolute atomic E-state index is 0.275. The van der Waals surface area contributed by atoms with Crippen molar-refractivity contribution in [3.8, 4) is 16.9 Å². The van der Waals surface area contributed by atoms with Crippen molar-refractivity contribution >= 4 is 43.6 Å². The third-order valence-electron chi connectivity index (χ3n) is 9.63. The van der Waals surface area contributed by atoms with E-state index in [9.17, 15) is 4.79 Å². The molecule has 10 heteroatoms. The van der Waals surface area contributed by atoms with Gasteiger partial charge < -0.3 is 23.7 Å². The number of rotatable bonds is 16. The Morgan fingerprint density at radius 1 is 0.960 bits per heavy atom. The molecular weight excluding hydrogens is 694 g/mol. The topological polar surface area (TPSA) is 74.0 Å². The van der Waals surface area contributed by atoms with E-state index in [-0.39, 0.29) is 5.97 Å². The van der Waals surface area contributed by atoms with E-state index in [1.807, 2.05) is 31.2 Å². The first-order valence-electron chi connectivity index (χ1n) is 17.9. The molecule has 0 saturated carbocycles. The number of aromatic nitrogens is 3. The minimum Gasteiger partial charge on any atom is -0.493 e. The zero-order valence-electron chi connectivity index (χ0n) is 29.9. The van der Waals surface area contributed by atoms with Crippen molar-refractivity contribution in [2.24, 2.45) is 0 Å². The van der Waals surface area contributed by atoms with Gasteiger partial charge in [-0.15, -0.1) is 0 Å². The molecule has 3 heterocycles. The van der Waals surface area contributed by atoms with Crippen molar-refractivity contribution in [2.45, 2.75) is 51.5 Å². The molecule has 1 saturated heterocycles. The second-order valence-corrected chi connectivity index (χ2v) is 13.8. The van der Waals surface area contributed by atoms with Crippen LogP contribution in [-0.4, -0.2) is 96.8 Å². The quantitative estimate of drug-likeness (QED) is 0.0596. The van der Waals surface area contributed by atoms with Gasteiger partial charge in [0, 0.05) is 59.1 Å². The molecule has 6 rings (SSSR count). The van der Waals surface area contributed by atoms with Crippen molar-refractivity contribution in [1.29, 1.82) is 0 Å². The predicted octanol–water partition coefficient (Wildman–Crippen LogP) is 7.33. The summed E-state index contributed by atoms with van der Waals surface area (Å²) in [4.78, 5) is 18.5. The number of halogens is 1. The molecule has 0 N–H and O–H groups in total. The van der Waals surface area contributed by atoms with Crippen LogP contribution in [0.3, 0.4) is 0 Å². The predicted molar refractivity (Wildman–Crippen MR) is 205 cm³/mol. The van der Waals surface area contributed by atoms with Gasteiger partial charge in [-0.05, 0) is 70.8 Å². The van der Waals surface area contributed by atoms with Gasteiger partial charge in [-0.1, -0.05) is 70.5 Å². The molecule has 0 bridgehead atoms. The van der Waals surface area contributed by atoms with Gasteiger partial charge in [-0.3, -0.25) is 9.58 Å². The summed E-state index contributed by atoms with van der Waals surface area (Å²) in [5.74, 6) is 0.605. The second-order valence-electron chi connectivity index (χ2n) is 13.2.